The van der Waals surface area contributed by atoms with E-state index >= 15 is 0 Å². The van der Waals surface area contributed by atoms with Crippen molar-refractivity contribution < 1.29 is 9.47 Å². The molecule has 0 aliphatic heterocycles. The van der Waals surface area contributed by atoms with Crippen molar-refractivity contribution in [3.63, 3.8) is 0 Å². The van der Waals surface area contributed by atoms with E-state index in [9.17, 15) is 0 Å². The van der Waals surface area contributed by atoms with Gasteiger partial charge in [-0.25, -0.2) is 9.97 Å². The lowest BCUT2D eigenvalue weighted by atomic mass is 10.2. The first-order valence-corrected chi connectivity index (χ1v) is 5.91. The summed E-state index contributed by atoms with van der Waals surface area (Å²) in [5.41, 5.74) is 1.72. The minimum Gasteiger partial charge on any atom is -0.497 e. The van der Waals surface area contributed by atoms with Crippen LogP contribution < -0.4 is 14.8 Å². The summed E-state index contributed by atoms with van der Waals surface area (Å²) in [5.74, 6) is 1.65. The fourth-order valence-corrected chi connectivity index (χ4v) is 1.70. The summed E-state index contributed by atoms with van der Waals surface area (Å²) in [5, 5.41) is 11.9. The highest BCUT2D eigenvalue weighted by Gasteiger charge is 2.08. The molecule has 0 aliphatic rings. The highest BCUT2D eigenvalue weighted by atomic mass is 16.5. The molecule has 1 aromatic heterocycles. The van der Waals surface area contributed by atoms with Crippen molar-refractivity contribution in [1.29, 1.82) is 5.26 Å². The van der Waals surface area contributed by atoms with Crippen molar-refractivity contribution in [3.8, 4) is 17.6 Å². The van der Waals surface area contributed by atoms with Gasteiger partial charge in [-0.1, -0.05) is 0 Å². The van der Waals surface area contributed by atoms with Crippen molar-refractivity contribution in [1.82, 2.24) is 9.97 Å². The molecule has 1 N–H and O–H groups in total. The van der Waals surface area contributed by atoms with Crippen LogP contribution in [0.4, 0.5) is 11.6 Å². The molecule has 1 heterocycles. The monoisotopic (exact) mass is 270 g/mol. The molecular weight excluding hydrogens is 256 g/mol. The molecule has 0 unspecified atom stereocenters. The zero-order valence-corrected chi connectivity index (χ0v) is 11.5. The number of anilines is 2. The molecule has 0 spiro atoms. The van der Waals surface area contributed by atoms with Crippen molar-refractivity contribution in [3.05, 3.63) is 35.7 Å². The standard InChI is InChI=1S/C14H14N4O2/c1-9-6-10(8-15)17-14(16-9)18-12-5-4-11(19-2)7-13(12)20-3/h4-7H,1-3H3,(H,16,17,18). The largest absolute Gasteiger partial charge is 0.497 e. The van der Waals surface area contributed by atoms with E-state index in [4.69, 9.17) is 14.7 Å². The van der Waals surface area contributed by atoms with E-state index in [0.29, 0.717) is 34.5 Å². The van der Waals surface area contributed by atoms with Gasteiger partial charge < -0.3 is 14.8 Å². The minimum absolute atomic E-state index is 0.312. The normalized spacial score (nSPS) is 9.70. The topological polar surface area (TPSA) is 80.1 Å². The maximum absolute atomic E-state index is 8.91. The number of ether oxygens (including phenoxy) is 2. The lowest BCUT2D eigenvalue weighted by molar-refractivity contribution is 0.395. The smallest absolute Gasteiger partial charge is 0.228 e. The Morgan fingerprint density at radius 1 is 1.15 bits per heavy atom. The summed E-state index contributed by atoms with van der Waals surface area (Å²) >= 11 is 0. The van der Waals surface area contributed by atoms with Crippen LogP contribution in [0.2, 0.25) is 0 Å². The number of nitrogens with zero attached hydrogens (tertiary/aromatic N) is 3. The Morgan fingerprint density at radius 3 is 2.60 bits per heavy atom. The van der Waals surface area contributed by atoms with Gasteiger partial charge in [0.25, 0.3) is 0 Å². The van der Waals surface area contributed by atoms with E-state index in [2.05, 4.69) is 15.3 Å². The second kappa shape index (κ2) is 5.89. The Morgan fingerprint density at radius 2 is 1.95 bits per heavy atom. The van der Waals surface area contributed by atoms with Crippen molar-refractivity contribution in [2.75, 3.05) is 19.5 Å². The van der Waals surface area contributed by atoms with Gasteiger partial charge >= 0.3 is 0 Å². The van der Waals surface area contributed by atoms with Crippen molar-refractivity contribution >= 4 is 11.6 Å². The van der Waals surface area contributed by atoms with Gasteiger partial charge in [-0.3, -0.25) is 0 Å². The van der Waals surface area contributed by atoms with Gasteiger partial charge in [0.1, 0.15) is 23.3 Å². The predicted octanol–water partition coefficient (Wildman–Crippen LogP) is 2.42. The SMILES string of the molecule is COc1ccc(Nc2nc(C)cc(C#N)n2)c(OC)c1. The molecule has 1 aromatic carbocycles. The summed E-state index contributed by atoms with van der Waals surface area (Å²) in [4.78, 5) is 8.33. The highest BCUT2D eigenvalue weighted by Crippen LogP contribution is 2.30. The van der Waals surface area contributed by atoms with Crippen molar-refractivity contribution in [2.24, 2.45) is 0 Å². The molecule has 0 bridgehead atoms. The lowest BCUT2D eigenvalue weighted by Gasteiger charge is -2.11. The van der Waals surface area contributed by atoms with Crippen LogP contribution in [-0.4, -0.2) is 24.2 Å². The molecule has 0 saturated heterocycles. The molecule has 0 atom stereocenters. The number of aromatic nitrogens is 2. The van der Waals surface area contributed by atoms with Crippen LogP contribution >= 0.6 is 0 Å². The van der Waals surface area contributed by atoms with Crippen LogP contribution in [0.5, 0.6) is 11.5 Å². The van der Waals surface area contributed by atoms with Gasteiger partial charge in [-0.2, -0.15) is 5.26 Å². The summed E-state index contributed by atoms with van der Waals surface area (Å²) in [6, 6.07) is 8.97. The average Bonchev–Trinajstić information content (AvgIpc) is 2.47. The molecule has 6 nitrogen and oxygen atoms in total. The molecule has 2 aromatic rings. The second-order valence-corrected chi connectivity index (χ2v) is 4.02. The summed E-state index contributed by atoms with van der Waals surface area (Å²) in [6.45, 7) is 1.80. The highest BCUT2D eigenvalue weighted by molar-refractivity contribution is 5.64. The molecular formula is C14H14N4O2. The third-order valence-corrected chi connectivity index (χ3v) is 2.62. The zero-order chi connectivity index (χ0) is 14.5. The molecule has 2 rings (SSSR count). The number of aryl methyl sites for hydroxylation is 1. The Kier molecular flexibility index (Phi) is 4.01. The van der Waals surface area contributed by atoms with Crippen molar-refractivity contribution in [2.45, 2.75) is 6.92 Å². The number of benzene rings is 1. The van der Waals surface area contributed by atoms with Crippen LogP contribution in [0.1, 0.15) is 11.4 Å². The molecule has 0 amide bonds. The van der Waals surface area contributed by atoms with Gasteiger partial charge in [-0.05, 0) is 25.1 Å². The number of rotatable bonds is 4. The van der Waals surface area contributed by atoms with E-state index in [1.54, 1.807) is 45.4 Å². The number of hydrogen-bond donors (Lipinski definition) is 1. The predicted molar refractivity (Wildman–Crippen MR) is 74.3 cm³/mol. The quantitative estimate of drug-likeness (QED) is 0.919. The van der Waals surface area contributed by atoms with E-state index in [1.807, 2.05) is 6.07 Å². The third kappa shape index (κ3) is 2.95. The number of nitrogens with one attached hydrogen (secondary N) is 1. The van der Waals surface area contributed by atoms with Crippen LogP contribution in [0.15, 0.2) is 24.3 Å². The van der Waals surface area contributed by atoms with Gasteiger partial charge in [-0.15, -0.1) is 0 Å². The lowest BCUT2D eigenvalue weighted by Crippen LogP contribution is -2.02. The average molecular weight is 270 g/mol. The molecule has 0 radical (unpaired) electrons. The number of nitriles is 1. The Hall–Kier alpha value is -2.81. The molecule has 0 fully saturated rings. The molecule has 102 valence electrons. The minimum atomic E-state index is 0.312. The van der Waals surface area contributed by atoms with Gasteiger partial charge in [0.2, 0.25) is 5.95 Å². The molecule has 0 saturated carbocycles. The summed E-state index contributed by atoms with van der Waals surface area (Å²) < 4.78 is 10.4. The Balaban J connectivity index is 2.35. The summed E-state index contributed by atoms with van der Waals surface area (Å²) in [7, 11) is 3.16. The molecule has 6 heteroatoms. The first-order valence-electron chi connectivity index (χ1n) is 5.91. The van der Waals surface area contributed by atoms with Crippen LogP contribution in [0.25, 0.3) is 0 Å². The maximum atomic E-state index is 8.91. The van der Waals surface area contributed by atoms with E-state index < -0.39 is 0 Å². The second-order valence-electron chi connectivity index (χ2n) is 4.02. The van der Waals surface area contributed by atoms with Crippen LogP contribution in [-0.2, 0) is 0 Å². The van der Waals surface area contributed by atoms with E-state index in [1.165, 1.54) is 0 Å². The Labute approximate surface area is 117 Å². The maximum Gasteiger partial charge on any atom is 0.228 e. The first-order chi connectivity index (χ1) is 9.66. The van der Waals surface area contributed by atoms with Gasteiger partial charge in [0.15, 0.2) is 0 Å². The van der Waals surface area contributed by atoms with Gasteiger partial charge in [0, 0.05) is 11.8 Å². The fourth-order valence-electron chi connectivity index (χ4n) is 1.70. The van der Waals surface area contributed by atoms with E-state index in [-0.39, 0.29) is 0 Å². The molecule has 0 aliphatic carbocycles. The van der Waals surface area contributed by atoms with E-state index in [0.717, 1.165) is 0 Å². The number of methoxy groups -OCH3 is 2. The zero-order valence-electron chi connectivity index (χ0n) is 11.5. The molecule has 20 heavy (non-hydrogen) atoms. The van der Waals surface area contributed by atoms with Crippen LogP contribution in [0, 0.1) is 18.3 Å². The first kappa shape index (κ1) is 13.6. The number of hydrogen-bond acceptors (Lipinski definition) is 6. The Bertz CT molecular complexity index is 665. The summed E-state index contributed by atoms with van der Waals surface area (Å²) in [6.07, 6.45) is 0. The third-order valence-electron chi connectivity index (χ3n) is 2.62. The van der Waals surface area contributed by atoms with Gasteiger partial charge in [0.05, 0.1) is 19.9 Å². The van der Waals surface area contributed by atoms with Crippen LogP contribution in [0.3, 0.4) is 0 Å². The fraction of sp³-hybridized carbons (Fsp3) is 0.214.